The van der Waals surface area contributed by atoms with Crippen LogP contribution in [0.3, 0.4) is 0 Å². The summed E-state index contributed by atoms with van der Waals surface area (Å²) in [7, 11) is 0. The first-order chi connectivity index (χ1) is 14.1. The minimum absolute atomic E-state index is 0.213. The fourth-order valence-corrected chi connectivity index (χ4v) is 3.39. The molecule has 0 aliphatic heterocycles. The van der Waals surface area contributed by atoms with Gasteiger partial charge in [-0.3, -0.25) is 14.3 Å². The number of carbonyl (C=O) groups excluding carboxylic acids is 2. The molecule has 9 nitrogen and oxygen atoms in total. The van der Waals surface area contributed by atoms with Crippen LogP contribution >= 0.6 is 15.9 Å². The SMILES string of the molecule is CCn1nccc1C(=O)Nc1cccc(NC(=O)c2nn3cccnc3c2Br)c1. The number of rotatable bonds is 5. The lowest BCUT2D eigenvalue weighted by atomic mass is 10.2. The number of hydrogen-bond acceptors (Lipinski definition) is 5. The lowest BCUT2D eigenvalue weighted by molar-refractivity contribution is 0.101. The van der Waals surface area contributed by atoms with E-state index in [4.69, 9.17) is 0 Å². The largest absolute Gasteiger partial charge is 0.321 e. The van der Waals surface area contributed by atoms with Crippen LogP contribution in [0.1, 0.15) is 27.9 Å². The maximum Gasteiger partial charge on any atom is 0.277 e. The van der Waals surface area contributed by atoms with Gasteiger partial charge in [0.1, 0.15) is 5.69 Å². The molecule has 0 spiro atoms. The van der Waals surface area contributed by atoms with E-state index in [-0.39, 0.29) is 11.6 Å². The summed E-state index contributed by atoms with van der Waals surface area (Å²) in [6.07, 6.45) is 4.91. The average molecular weight is 454 g/mol. The third kappa shape index (κ3) is 3.74. The van der Waals surface area contributed by atoms with E-state index in [1.807, 2.05) is 6.92 Å². The Balaban J connectivity index is 1.52. The highest BCUT2D eigenvalue weighted by molar-refractivity contribution is 9.10. The quantitative estimate of drug-likeness (QED) is 0.482. The number of hydrogen-bond donors (Lipinski definition) is 2. The minimum Gasteiger partial charge on any atom is -0.321 e. The van der Waals surface area contributed by atoms with Crippen LogP contribution in [-0.4, -0.2) is 36.2 Å². The van der Waals surface area contributed by atoms with Crippen LogP contribution in [0, 0.1) is 0 Å². The molecular formula is C19H16BrN7O2. The first-order valence-corrected chi connectivity index (χ1v) is 9.59. The van der Waals surface area contributed by atoms with Gasteiger partial charge in [0.25, 0.3) is 11.8 Å². The van der Waals surface area contributed by atoms with Gasteiger partial charge in [-0.25, -0.2) is 9.50 Å². The molecule has 10 heteroatoms. The van der Waals surface area contributed by atoms with Crippen LogP contribution in [0.15, 0.2) is 59.5 Å². The van der Waals surface area contributed by atoms with E-state index in [1.54, 1.807) is 59.7 Å². The topological polar surface area (TPSA) is 106 Å². The summed E-state index contributed by atoms with van der Waals surface area (Å²) in [6, 6.07) is 10.3. The van der Waals surface area contributed by atoms with Gasteiger partial charge in [0.05, 0.1) is 4.47 Å². The van der Waals surface area contributed by atoms with Gasteiger partial charge in [0.2, 0.25) is 0 Å². The molecule has 0 saturated heterocycles. The van der Waals surface area contributed by atoms with Crippen molar-refractivity contribution >= 4 is 44.8 Å². The molecule has 0 fully saturated rings. The number of aryl methyl sites for hydroxylation is 1. The molecule has 0 bridgehead atoms. The van der Waals surface area contributed by atoms with E-state index in [0.717, 1.165) is 0 Å². The van der Waals surface area contributed by atoms with Gasteiger partial charge in [0, 0.05) is 36.5 Å². The van der Waals surface area contributed by atoms with Gasteiger partial charge < -0.3 is 10.6 Å². The highest BCUT2D eigenvalue weighted by Crippen LogP contribution is 2.22. The summed E-state index contributed by atoms with van der Waals surface area (Å²) in [6.45, 7) is 2.50. The molecule has 4 aromatic rings. The van der Waals surface area contributed by atoms with E-state index in [2.05, 4.69) is 41.7 Å². The fraction of sp³-hybridized carbons (Fsp3) is 0.105. The highest BCUT2D eigenvalue weighted by atomic mass is 79.9. The molecule has 2 N–H and O–H groups in total. The Morgan fingerprint density at radius 3 is 2.55 bits per heavy atom. The summed E-state index contributed by atoms with van der Waals surface area (Å²) in [5.41, 5.74) is 2.29. The van der Waals surface area contributed by atoms with E-state index >= 15 is 0 Å². The average Bonchev–Trinajstić information content (AvgIpc) is 3.33. The van der Waals surface area contributed by atoms with Gasteiger partial charge in [-0.1, -0.05) is 6.07 Å². The first kappa shape index (κ1) is 18.8. The van der Waals surface area contributed by atoms with Crippen molar-refractivity contribution in [2.75, 3.05) is 10.6 Å². The molecule has 29 heavy (non-hydrogen) atoms. The summed E-state index contributed by atoms with van der Waals surface area (Å²) in [5.74, 6) is -0.670. The molecule has 0 aliphatic carbocycles. The standard InChI is InChI=1S/C19H16BrN7O2/c1-2-26-14(7-9-22-26)18(28)23-12-5-3-6-13(11-12)24-19(29)16-15(20)17-21-8-4-10-27(17)25-16/h3-11H,2H2,1H3,(H,23,28)(H,24,29). The fourth-order valence-electron chi connectivity index (χ4n) is 2.84. The Labute approximate surface area is 173 Å². The van der Waals surface area contributed by atoms with E-state index < -0.39 is 5.91 Å². The Hall–Kier alpha value is -3.53. The van der Waals surface area contributed by atoms with Crippen LogP contribution in [0.5, 0.6) is 0 Å². The van der Waals surface area contributed by atoms with Crippen LogP contribution < -0.4 is 10.6 Å². The zero-order valence-corrected chi connectivity index (χ0v) is 16.9. The second kappa shape index (κ2) is 7.84. The molecule has 0 aliphatic rings. The number of amides is 2. The lowest BCUT2D eigenvalue weighted by Gasteiger charge is -2.09. The van der Waals surface area contributed by atoms with Crippen molar-refractivity contribution in [2.45, 2.75) is 13.5 Å². The molecule has 2 amide bonds. The predicted molar refractivity (Wildman–Crippen MR) is 111 cm³/mol. The maximum absolute atomic E-state index is 12.7. The number of fused-ring (bicyclic) bond motifs is 1. The van der Waals surface area contributed by atoms with Crippen LogP contribution in [-0.2, 0) is 6.54 Å². The number of halogens is 1. The monoisotopic (exact) mass is 453 g/mol. The number of aromatic nitrogens is 5. The minimum atomic E-state index is -0.394. The highest BCUT2D eigenvalue weighted by Gasteiger charge is 2.19. The van der Waals surface area contributed by atoms with Gasteiger partial charge in [-0.05, 0) is 53.2 Å². The second-order valence-corrected chi connectivity index (χ2v) is 6.86. The van der Waals surface area contributed by atoms with Crippen molar-refractivity contribution in [3.63, 3.8) is 0 Å². The van der Waals surface area contributed by atoms with Gasteiger partial charge in [-0.15, -0.1) is 0 Å². The Bertz CT molecular complexity index is 1210. The summed E-state index contributed by atoms with van der Waals surface area (Å²) in [5, 5.41) is 13.9. The van der Waals surface area contributed by atoms with Crippen molar-refractivity contribution in [3.8, 4) is 0 Å². The van der Waals surface area contributed by atoms with Crippen molar-refractivity contribution in [1.29, 1.82) is 0 Å². The molecule has 0 atom stereocenters. The van der Waals surface area contributed by atoms with E-state index in [9.17, 15) is 9.59 Å². The van der Waals surface area contributed by atoms with E-state index in [0.29, 0.717) is 33.7 Å². The van der Waals surface area contributed by atoms with Gasteiger partial charge in [0.15, 0.2) is 11.3 Å². The summed E-state index contributed by atoms with van der Waals surface area (Å²) in [4.78, 5) is 29.3. The van der Waals surface area contributed by atoms with Crippen LogP contribution in [0.4, 0.5) is 11.4 Å². The zero-order chi connectivity index (χ0) is 20.4. The van der Waals surface area contributed by atoms with E-state index in [1.165, 1.54) is 4.52 Å². The first-order valence-electron chi connectivity index (χ1n) is 8.80. The normalized spacial score (nSPS) is 10.8. The zero-order valence-electron chi connectivity index (χ0n) is 15.3. The Morgan fingerprint density at radius 2 is 1.83 bits per heavy atom. The Kier molecular flexibility index (Phi) is 5.09. The molecule has 1 aromatic carbocycles. The predicted octanol–water partition coefficient (Wildman–Crippen LogP) is 3.21. The van der Waals surface area contributed by atoms with Crippen molar-refractivity contribution in [3.05, 3.63) is 70.8 Å². The summed E-state index contributed by atoms with van der Waals surface area (Å²) >= 11 is 3.38. The molecule has 0 radical (unpaired) electrons. The number of benzene rings is 1. The smallest absolute Gasteiger partial charge is 0.277 e. The molecule has 0 saturated carbocycles. The molecular weight excluding hydrogens is 438 g/mol. The van der Waals surface area contributed by atoms with Crippen LogP contribution in [0.25, 0.3) is 5.65 Å². The number of carbonyl (C=O) groups is 2. The second-order valence-electron chi connectivity index (χ2n) is 6.07. The van der Waals surface area contributed by atoms with Gasteiger partial charge in [-0.2, -0.15) is 10.2 Å². The number of nitrogens with zero attached hydrogens (tertiary/aromatic N) is 5. The van der Waals surface area contributed by atoms with Crippen molar-refractivity contribution in [1.82, 2.24) is 24.4 Å². The molecule has 4 rings (SSSR count). The third-order valence-corrected chi connectivity index (χ3v) is 4.91. The number of anilines is 2. The summed E-state index contributed by atoms with van der Waals surface area (Å²) < 4.78 is 3.63. The lowest BCUT2D eigenvalue weighted by Crippen LogP contribution is -2.18. The molecule has 0 unspecified atom stereocenters. The van der Waals surface area contributed by atoms with Crippen molar-refractivity contribution in [2.24, 2.45) is 0 Å². The molecule has 3 aromatic heterocycles. The third-order valence-electron chi connectivity index (χ3n) is 4.18. The number of nitrogens with one attached hydrogen (secondary N) is 2. The van der Waals surface area contributed by atoms with Gasteiger partial charge >= 0.3 is 0 Å². The van der Waals surface area contributed by atoms with Crippen molar-refractivity contribution < 1.29 is 9.59 Å². The molecule has 146 valence electrons. The van der Waals surface area contributed by atoms with Crippen LogP contribution in [0.2, 0.25) is 0 Å². The Morgan fingerprint density at radius 1 is 1.07 bits per heavy atom. The maximum atomic E-state index is 12.7. The molecule has 3 heterocycles.